The molecule has 1 rings (SSSR count). The molecule has 0 radical (unpaired) electrons. The molecule has 0 spiro atoms. The van der Waals surface area contributed by atoms with Crippen LogP contribution in [0.15, 0.2) is 17.0 Å². The zero-order valence-corrected chi connectivity index (χ0v) is 13.9. The number of benzene rings is 1. The van der Waals surface area contributed by atoms with E-state index in [1.165, 1.54) is 26.2 Å². The van der Waals surface area contributed by atoms with Gasteiger partial charge in [-0.05, 0) is 12.5 Å². The van der Waals surface area contributed by atoms with Crippen molar-refractivity contribution in [2.75, 3.05) is 25.1 Å². The third-order valence-electron chi connectivity index (χ3n) is 3.34. The fourth-order valence-electron chi connectivity index (χ4n) is 1.81. The van der Waals surface area contributed by atoms with E-state index in [4.69, 9.17) is 16.2 Å². The van der Waals surface area contributed by atoms with E-state index in [0.717, 1.165) is 0 Å². The molecule has 1 aromatic rings. The summed E-state index contributed by atoms with van der Waals surface area (Å²) >= 11 is 0. The highest BCUT2D eigenvalue weighted by atomic mass is 32.2. The van der Waals surface area contributed by atoms with Crippen molar-refractivity contribution in [2.24, 2.45) is 5.73 Å². The number of sulfone groups is 1. The van der Waals surface area contributed by atoms with Crippen LogP contribution in [0.1, 0.15) is 30.6 Å². The number of hydrogen-bond donors (Lipinski definition) is 3. The number of hydrogen-bond acceptors (Lipinski definition) is 6. The van der Waals surface area contributed by atoms with Gasteiger partial charge >= 0.3 is 0 Å². The van der Waals surface area contributed by atoms with Crippen molar-refractivity contribution in [3.8, 4) is 5.75 Å². The molecule has 0 saturated heterocycles. The van der Waals surface area contributed by atoms with Gasteiger partial charge in [-0.25, -0.2) is 8.42 Å². The first-order chi connectivity index (χ1) is 10.3. The summed E-state index contributed by atoms with van der Waals surface area (Å²) in [5, 5.41) is 2.66. The molecule has 1 atom stereocenters. The molecule has 1 aromatic carbocycles. The highest BCUT2D eigenvalue weighted by Gasteiger charge is 2.22. The number of carbonyl (C=O) groups is 1. The predicted octanol–water partition coefficient (Wildman–Crippen LogP) is 0.538. The second-order valence-corrected chi connectivity index (χ2v) is 7.12. The molecule has 0 aliphatic carbocycles. The summed E-state index contributed by atoms with van der Waals surface area (Å²) < 4.78 is 29.2. The minimum absolute atomic E-state index is 0.0560. The van der Waals surface area contributed by atoms with Crippen molar-refractivity contribution in [3.63, 3.8) is 0 Å². The summed E-state index contributed by atoms with van der Waals surface area (Å²) in [6.45, 7) is 3.71. The van der Waals surface area contributed by atoms with Gasteiger partial charge in [0.25, 0.3) is 5.91 Å². The first-order valence-corrected chi connectivity index (χ1v) is 8.66. The van der Waals surface area contributed by atoms with Gasteiger partial charge < -0.3 is 21.5 Å². The van der Waals surface area contributed by atoms with Crippen LogP contribution in [-0.4, -0.2) is 39.8 Å². The molecule has 22 heavy (non-hydrogen) atoms. The number of nitrogens with two attached hydrogens (primary N) is 2. The summed E-state index contributed by atoms with van der Waals surface area (Å²) in [6.07, 6.45) is 0.717. The molecule has 0 heterocycles. The van der Waals surface area contributed by atoms with Gasteiger partial charge in [0.15, 0.2) is 9.84 Å². The largest absolute Gasteiger partial charge is 0.496 e. The standard InChI is InChI=1S/C14H23N3O4S/c1-4-9(15)8-17-14(18)10-6-13(22(19,20)5-2)11(16)7-12(10)21-3/h6-7,9H,4-5,8,15-16H2,1-3H3,(H,17,18)/t9-/m0/s1. The van der Waals surface area contributed by atoms with Crippen LogP contribution in [-0.2, 0) is 9.84 Å². The van der Waals surface area contributed by atoms with Gasteiger partial charge in [0, 0.05) is 18.7 Å². The second-order valence-electron chi connectivity index (χ2n) is 4.87. The molecule has 7 nitrogen and oxygen atoms in total. The highest BCUT2D eigenvalue weighted by molar-refractivity contribution is 7.91. The zero-order valence-electron chi connectivity index (χ0n) is 13.0. The Kier molecular flexibility index (Phi) is 6.19. The lowest BCUT2D eigenvalue weighted by Gasteiger charge is -2.15. The molecule has 0 saturated carbocycles. The van der Waals surface area contributed by atoms with Crippen LogP contribution in [0.3, 0.4) is 0 Å². The highest BCUT2D eigenvalue weighted by Crippen LogP contribution is 2.29. The lowest BCUT2D eigenvalue weighted by atomic mass is 10.1. The summed E-state index contributed by atoms with van der Waals surface area (Å²) in [5.74, 6) is -0.339. The summed E-state index contributed by atoms with van der Waals surface area (Å²) in [4.78, 5) is 12.2. The summed E-state index contributed by atoms with van der Waals surface area (Å²) in [6, 6.07) is 2.43. The SMILES string of the molecule is CC[C@H](N)CNC(=O)c1cc(S(=O)(=O)CC)c(N)cc1OC. The average Bonchev–Trinajstić information content (AvgIpc) is 2.51. The number of methoxy groups -OCH3 is 1. The smallest absolute Gasteiger partial charge is 0.255 e. The maximum Gasteiger partial charge on any atom is 0.255 e. The Bertz CT molecular complexity index is 644. The Morgan fingerprint density at radius 2 is 2.00 bits per heavy atom. The molecule has 8 heteroatoms. The van der Waals surface area contributed by atoms with Crippen LogP contribution in [0.5, 0.6) is 5.75 Å². The summed E-state index contributed by atoms with van der Waals surface area (Å²) in [7, 11) is -2.14. The third kappa shape index (κ3) is 4.11. The normalized spacial score (nSPS) is 12.7. The maximum atomic E-state index is 12.2. The lowest BCUT2D eigenvalue weighted by Crippen LogP contribution is -2.36. The minimum atomic E-state index is -3.53. The molecule has 124 valence electrons. The fourth-order valence-corrected chi connectivity index (χ4v) is 2.84. The van der Waals surface area contributed by atoms with Gasteiger partial charge in [-0.2, -0.15) is 0 Å². The van der Waals surface area contributed by atoms with E-state index < -0.39 is 15.7 Å². The molecule has 0 aliphatic heterocycles. The topological polar surface area (TPSA) is 125 Å². The van der Waals surface area contributed by atoms with E-state index in [-0.39, 0.29) is 33.7 Å². The van der Waals surface area contributed by atoms with Crippen molar-refractivity contribution in [2.45, 2.75) is 31.2 Å². The van der Waals surface area contributed by atoms with E-state index in [1.54, 1.807) is 0 Å². The number of nitrogen functional groups attached to an aromatic ring is 1. The third-order valence-corrected chi connectivity index (χ3v) is 5.12. The average molecular weight is 329 g/mol. The molecular formula is C14H23N3O4S. The maximum absolute atomic E-state index is 12.2. The van der Waals surface area contributed by atoms with Gasteiger partial charge in [-0.15, -0.1) is 0 Å². The monoisotopic (exact) mass is 329 g/mol. The van der Waals surface area contributed by atoms with Gasteiger partial charge in [-0.1, -0.05) is 13.8 Å². The van der Waals surface area contributed by atoms with Crippen LogP contribution in [0, 0.1) is 0 Å². The van der Waals surface area contributed by atoms with Crippen LogP contribution in [0.4, 0.5) is 5.69 Å². The van der Waals surface area contributed by atoms with Crippen molar-refractivity contribution >= 4 is 21.4 Å². The molecule has 0 fully saturated rings. The molecule has 1 amide bonds. The molecule has 5 N–H and O–H groups in total. The second kappa shape index (κ2) is 7.46. The number of rotatable bonds is 7. The Morgan fingerprint density at radius 1 is 1.36 bits per heavy atom. The molecular weight excluding hydrogens is 306 g/mol. The van der Waals surface area contributed by atoms with Gasteiger partial charge in [0.1, 0.15) is 5.75 Å². The van der Waals surface area contributed by atoms with Crippen LogP contribution < -0.4 is 21.5 Å². The van der Waals surface area contributed by atoms with E-state index in [0.29, 0.717) is 13.0 Å². The van der Waals surface area contributed by atoms with Crippen molar-refractivity contribution in [1.82, 2.24) is 5.32 Å². The van der Waals surface area contributed by atoms with Crippen LogP contribution in [0.25, 0.3) is 0 Å². The van der Waals surface area contributed by atoms with Gasteiger partial charge in [0.05, 0.1) is 29.0 Å². The van der Waals surface area contributed by atoms with Crippen molar-refractivity contribution in [3.05, 3.63) is 17.7 Å². The van der Waals surface area contributed by atoms with Crippen molar-refractivity contribution in [1.29, 1.82) is 0 Å². The van der Waals surface area contributed by atoms with Crippen LogP contribution in [0.2, 0.25) is 0 Å². The number of anilines is 1. The number of amides is 1. The number of ether oxygens (including phenoxy) is 1. The molecule has 0 aromatic heterocycles. The van der Waals surface area contributed by atoms with Crippen molar-refractivity contribution < 1.29 is 17.9 Å². The zero-order chi connectivity index (χ0) is 16.9. The quantitative estimate of drug-likeness (QED) is 0.627. The first-order valence-electron chi connectivity index (χ1n) is 7.00. The number of nitrogens with one attached hydrogen (secondary N) is 1. The molecule has 0 aliphatic rings. The van der Waals surface area contributed by atoms with E-state index in [2.05, 4.69) is 5.32 Å². The Morgan fingerprint density at radius 3 is 2.50 bits per heavy atom. The lowest BCUT2D eigenvalue weighted by molar-refractivity contribution is 0.0948. The molecule has 0 unspecified atom stereocenters. The van der Waals surface area contributed by atoms with E-state index >= 15 is 0 Å². The number of carbonyl (C=O) groups excluding carboxylic acids is 1. The van der Waals surface area contributed by atoms with E-state index in [9.17, 15) is 13.2 Å². The van der Waals surface area contributed by atoms with E-state index in [1.807, 2.05) is 6.92 Å². The fraction of sp³-hybridized carbons (Fsp3) is 0.500. The molecule has 0 bridgehead atoms. The Balaban J connectivity index is 3.23. The Labute approximate surface area is 130 Å². The van der Waals surface area contributed by atoms with Gasteiger partial charge in [0.2, 0.25) is 0 Å². The minimum Gasteiger partial charge on any atom is -0.496 e. The predicted molar refractivity (Wildman–Crippen MR) is 85.7 cm³/mol. The van der Waals surface area contributed by atoms with Gasteiger partial charge in [-0.3, -0.25) is 4.79 Å². The Hall–Kier alpha value is -1.80. The summed E-state index contributed by atoms with van der Waals surface area (Å²) in [5.41, 5.74) is 11.7. The first kappa shape index (κ1) is 18.2. The van der Waals surface area contributed by atoms with Crippen LogP contribution >= 0.6 is 0 Å².